The van der Waals surface area contributed by atoms with E-state index in [1.807, 2.05) is 0 Å². The first kappa shape index (κ1) is 40.5. The average molecular weight is 607 g/mol. The Labute approximate surface area is 252 Å². The Kier molecular flexibility index (Phi) is 29.2. The van der Waals surface area contributed by atoms with Crippen LogP contribution < -0.4 is 11.1 Å². The third kappa shape index (κ3) is 28.1. The van der Waals surface area contributed by atoms with Crippen LogP contribution in [0.3, 0.4) is 0 Å². The van der Waals surface area contributed by atoms with E-state index in [0.29, 0.717) is 12.8 Å². The van der Waals surface area contributed by atoms with E-state index in [0.717, 1.165) is 38.5 Å². The molecule has 9 heteroatoms. The van der Waals surface area contributed by atoms with Crippen molar-refractivity contribution in [3.05, 3.63) is 0 Å². The monoisotopic (exact) mass is 606 g/mol. The SMILES string of the molecule is CCCCCCCCCCCCCCC(=O)NC(COP(=O)(O)OCCN)C(O)CCCCCCCCCCCC. The molecule has 0 saturated carbocycles. The van der Waals surface area contributed by atoms with Crippen LogP contribution in [0, 0.1) is 0 Å². The van der Waals surface area contributed by atoms with Crippen molar-refractivity contribution >= 4 is 13.7 Å². The summed E-state index contributed by atoms with van der Waals surface area (Å²) >= 11 is 0. The normalized spacial score (nSPS) is 14.6. The van der Waals surface area contributed by atoms with E-state index in [4.69, 9.17) is 14.8 Å². The number of rotatable bonds is 32. The maximum absolute atomic E-state index is 12.6. The zero-order chi connectivity index (χ0) is 30.4. The van der Waals surface area contributed by atoms with Gasteiger partial charge in [-0.25, -0.2) is 4.57 Å². The number of aliphatic hydroxyl groups is 1. The quantitative estimate of drug-likeness (QED) is 0.0447. The lowest BCUT2D eigenvalue weighted by Gasteiger charge is -2.25. The minimum atomic E-state index is -4.29. The average Bonchev–Trinajstić information content (AvgIpc) is 2.95. The van der Waals surface area contributed by atoms with Crippen LogP contribution in [-0.2, 0) is 18.4 Å². The van der Waals surface area contributed by atoms with Gasteiger partial charge in [-0.3, -0.25) is 13.8 Å². The van der Waals surface area contributed by atoms with Crippen LogP contribution in [-0.4, -0.2) is 47.8 Å². The van der Waals surface area contributed by atoms with Crippen molar-refractivity contribution in [3.8, 4) is 0 Å². The van der Waals surface area contributed by atoms with Crippen molar-refractivity contribution in [2.75, 3.05) is 19.8 Å². The fourth-order valence-electron chi connectivity index (χ4n) is 5.08. The molecule has 246 valence electrons. The Morgan fingerprint density at radius 2 is 1.12 bits per heavy atom. The van der Waals surface area contributed by atoms with Crippen molar-refractivity contribution < 1.29 is 28.4 Å². The van der Waals surface area contributed by atoms with Gasteiger partial charge in [-0.1, -0.05) is 149 Å². The van der Waals surface area contributed by atoms with Gasteiger partial charge in [0.2, 0.25) is 5.91 Å². The topological polar surface area (TPSA) is 131 Å². The highest BCUT2D eigenvalue weighted by Gasteiger charge is 2.27. The van der Waals surface area contributed by atoms with E-state index >= 15 is 0 Å². The summed E-state index contributed by atoms with van der Waals surface area (Å²) in [6.07, 6.45) is 26.7. The van der Waals surface area contributed by atoms with Gasteiger partial charge >= 0.3 is 7.82 Å². The maximum atomic E-state index is 12.6. The van der Waals surface area contributed by atoms with Crippen molar-refractivity contribution in [2.45, 2.75) is 180 Å². The molecule has 0 saturated heterocycles. The zero-order valence-corrected chi connectivity index (χ0v) is 27.7. The molecule has 1 amide bonds. The molecule has 8 nitrogen and oxygen atoms in total. The number of unbranched alkanes of at least 4 members (excludes halogenated alkanes) is 20. The van der Waals surface area contributed by atoms with Crippen LogP contribution >= 0.6 is 7.82 Å². The molecule has 0 aliphatic carbocycles. The van der Waals surface area contributed by atoms with Gasteiger partial charge < -0.3 is 21.1 Å². The number of phosphoric acid groups is 1. The summed E-state index contributed by atoms with van der Waals surface area (Å²) in [6, 6.07) is -0.764. The van der Waals surface area contributed by atoms with Gasteiger partial charge in [0, 0.05) is 13.0 Å². The lowest BCUT2D eigenvalue weighted by atomic mass is 10.0. The summed E-state index contributed by atoms with van der Waals surface area (Å²) in [4.78, 5) is 22.5. The number of amides is 1. The summed E-state index contributed by atoms with van der Waals surface area (Å²) in [6.45, 7) is 4.17. The number of carbonyl (C=O) groups excluding carboxylic acids is 1. The minimum absolute atomic E-state index is 0.0918. The molecule has 41 heavy (non-hydrogen) atoms. The molecule has 0 aliphatic heterocycles. The first-order valence-corrected chi connectivity index (χ1v) is 18.6. The van der Waals surface area contributed by atoms with Gasteiger partial charge in [0.05, 0.1) is 25.4 Å². The van der Waals surface area contributed by atoms with E-state index < -0.39 is 20.0 Å². The summed E-state index contributed by atoms with van der Waals surface area (Å²) in [5.74, 6) is -0.163. The molecule has 0 aliphatic rings. The molecule has 0 radical (unpaired) electrons. The van der Waals surface area contributed by atoms with Gasteiger partial charge in [-0.2, -0.15) is 0 Å². The molecule has 0 fully saturated rings. The molecule has 0 rings (SSSR count). The molecule has 0 aromatic heterocycles. The van der Waals surface area contributed by atoms with Gasteiger partial charge in [-0.05, 0) is 12.8 Å². The highest BCUT2D eigenvalue weighted by atomic mass is 31.2. The second-order valence-corrected chi connectivity index (χ2v) is 13.2. The second kappa shape index (κ2) is 29.6. The third-order valence-electron chi connectivity index (χ3n) is 7.71. The van der Waals surface area contributed by atoms with E-state index in [1.54, 1.807) is 0 Å². The van der Waals surface area contributed by atoms with Crippen molar-refractivity contribution in [2.24, 2.45) is 5.73 Å². The van der Waals surface area contributed by atoms with E-state index in [2.05, 4.69) is 19.2 Å². The molecule has 0 heterocycles. The van der Waals surface area contributed by atoms with Crippen LogP contribution in [0.1, 0.15) is 168 Å². The molecular formula is C32H67N2O6P. The Bertz CT molecular complexity index is 625. The molecule has 5 N–H and O–H groups in total. The highest BCUT2D eigenvalue weighted by Crippen LogP contribution is 2.43. The number of phosphoric ester groups is 1. The lowest BCUT2D eigenvalue weighted by molar-refractivity contribution is -0.123. The molecule has 0 bridgehead atoms. The third-order valence-corrected chi connectivity index (χ3v) is 8.70. The maximum Gasteiger partial charge on any atom is 0.472 e. The van der Waals surface area contributed by atoms with Gasteiger partial charge in [-0.15, -0.1) is 0 Å². The minimum Gasteiger partial charge on any atom is -0.391 e. The molecule has 3 atom stereocenters. The first-order chi connectivity index (χ1) is 19.9. The molecule has 0 aromatic carbocycles. The van der Waals surface area contributed by atoms with Gasteiger partial charge in [0.1, 0.15) is 0 Å². The summed E-state index contributed by atoms with van der Waals surface area (Å²) in [5, 5.41) is 13.6. The number of hydrogen-bond donors (Lipinski definition) is 4. The molecule has 0 aromatic rings. The van der Waals surface area contributed by atoms with E-state index in [-0.39, 0.29) is 25.7 Å². The number of carbonyl (C=O) groups is 1. The van der Waals surface area contributed by atoms with Crippen molar-refractivity contribution in [3.63, 3.8) is 0 Å². The lowest BCUT2D eigenvalue weighted by Crippen LogP contribution is -2.46. The number of nitrogens with one attached hydrogen (secondary N) is 1. The molecule has 0 spiro atoms. The molecular weight excluding hydrogens is 539 g/mol. The number of nitrogens with two attached hydrogens (primary N) is 1. The molecule has 3 unspecified atom stereocenters. The fourth-order valence-corrected chi connectivity index (χ4v) is 5.84. The van der Waals surface area contributed by atoms with Crippen LogP contribution in [0.2, 0.25) is 0 Å². The summed E-state index contributed by atoms with van der Waals surface area (Å²) < 4.78 is 22.0. The summed E-state index contributed by atoms with van der Waals surface area (Å²) in [5.41, 5.74) is 5.34. The van der Waals surface area contributed by atoms with Crippen LogP contribution in [0.15, 0.2) is 0 Å². The predicted molar refractivity (Wildman–Crippen MR) is 171 cm³/mol. The smallest absolute Gasteiger partial charge is 0.391 e. The Balaban J connectivity index is 4.29. The summed E-state index contributed by atoms with van der Waals surface area (Å²) in [7, 11) is -4.29. The van der Waals surface area contributed by atoms with Gasteiger partial charge in [0.15, 0.2) is 0 Å². The van der Waals surface area contributed by atoms with Crippen LogP contribution in [0.5, 0.6) is 0 Å². The highest BCUT2D eigenvalue weighted by molar-refractivity contribution is 7.47. The predicted octanol–water partition coefficient (Wildman–Crippen LogP) is 8.33. The van der Waals surface area contributed by atoms with Crippen LogP contribution in [0.25, 0.3) is 0 Å². The second-order valence-electron chi connectivity index (χ2n) is 11.7. The van der Waals surface area contributed by atoms with Gasteiger partial charge in [0.25, 0.3) is 0 Å². The van der Waals surface area contributed by atoms with Crippen molar-refractivity contribution in [1.82, 2.24) is 5.32 Å². The first-order valence-electron chi connectivity index (χ1n) is 17.2. The largest absolute Gasteiger partial charge is 0.472 e. The standard InChI is InChI=1S/C32H67N2O6P/c1-3-5-7-9-11-13-15-16-18-20-22-24-26-32(36)34-30(29-40-41(37,38)39-28-27-33)31(35)25-23-21-19-17-14-12-10-8-6-4-2/h30-31,35H,3-29,33H2,1-2H3,(H,34,36)(H,37,38). The Morgan fingerprint density at radius 3 is 1.56 bits per heavy atom. The van der Waals surface area contributed by atoms with Crippen molar-refractivity contribution in [1.29, 1.82) is 0 Å². The fraction of sp³-hybridized carbons (Fsp3) is 0.969. The number of aliphatic hydroxyl groups excluding tert-OH is 1. The van der Waals surface area contributed by atoms with Crippen LogP contribution in [0.4, 0.5) is 0 Å². The van der Waals surface area contributed by atoms with E-state index in [9.17, 15) is 19.4 Å². The Morgan fingerprint density at radius 1 is 0.707 bits per heavy atom. The Hall–Kier alpha value is -0.500. The zero-order valence-electron chi connectivity index (χ0n) is 26.8. The number of hydrogen-bond acceptors (Lipinski definition) is 6. The van der Waals surface area contributed by atoms with E-state index in [1.165, 1.54) is 103 Å².